The summed E-state index contributed by atoms with van der Waals surface area (Å²) < 4.78 is 0. The van der Waals surface area contributed by atoms with Crippen LogP contribution in [0.15, 0.2) is 96.0 Å². The number of carbonyl (C=O) groups excluding carboxylic acids is 2. The van der Waals surface area contributed by atoms with E-state index in [4.69, 9.17) is 0 Å². The van der Waals surface area contributed by atoms with Gasteiger partial charge in [-0.2, -0.15) is 0 Å². The van der Waals surface area contributed by atoms with Gasteiger partial charge in [0.15, 0.2) is 0 Å². The number of nitrogens with one attached hydrogen (secondary N) is 2. The Balaban J connectivity index is 1.68. The summed E-state index contributed by atoms with van der Waals surface area (Å²) in [5, 5.41) is 7.96. The molecule has 4 aromatic rings. The van der Waals surface area contributed by atoms with Gasteiger partial charge in [0.25, 0.3) is 11.8 Å². The summed E-state index contributed by atoms with van der Waals surface area (Å²) in [5.74, 6) is -0.678. The van der Waals surface area contributed by atoms with Gasteiger partial charge in [0, 0.05) is 10.4 Å². The Bertz CT molecular complexity index is 1360. The lowest BCUT2D eigenvalue weighted by Gasteiger charge is -2.23. The maximum Gasteiger partial charge on any atom is 0.268 e. The fourth-order valence-electron chi connectivity index (χ4n) is 4.00. The molecular weight excluding hydrogens is 452 g/mol. The van der Waals surface area contributed by atoms with Gasteiger partial charge in [-0.3, -0.25) is 9.59 Å². The third kappa shape index (κ3) is 6.14. The highest BCUT2D eigenvalue weighted by Gasteiger charge is 2.22. The second-order valence-electron chi connectivity index (χ2n) is 8.57. The SMILES string of the molecule is Cc1cccc(C(=O)N/C(=C\c2cccs2)C(=O)N[C@H](c2ccccc2)c2ccc(C)cc2C)c1. The average Bonchev–Trinajstić information content (AvgIpc) is 3.36. The molecule has 0 aliphatic carbocycles. The standard InChI is InChI=1S/C30H28N2O2S/c1-20-9-7-12-24(18-20)29(33)31-27(19-25-13-8-16-35-25)30(34)32-28(23-10-5-4-6-11-23)26-15-14-21(2)17-22(26)3/h4-19,28H,1-3H3,(H,31,33)(H,32,34)/b27-19-/t28-/m1/s1. The van der Waals surface area contributed by atoms with Crippen molar-refractivity contribution in [1.29, 1.82) is 0 Å². The van der Waals surface area contributed by atoms with Gasteiger partial charge in [-0.1, -0.05) is 77.9 Å². The quantitative estimate of drug-likeness (QED) is 0.303. The molecule has 1 heterocycles. The highest BCUT2D eigenvalue weighted by atomic mass is 32.1. The Morgan fingerprint density at radius 3 is 2.29 bits per heavy atom. The first kappa shape index (κ1) is 24.2. The zero-order valence-electron chi connectivity index (χ0n) is 20.0. The fraction of sp³-hybridized carbons (Fsp3) is 0.133. The van der Waals surface area contributed by atoms with Crippen LogP contribution in [-0.2, 0) is 4.79 Å². The monoisotopic (exact) mass is 480 g/mol. The molecule has 0 radical (unpaired) electrons. The van der Waals surface area contributed by atoms with Crippen molar-refractivity contribution < 1.29 is 9.59 Å². The van der Waals surface area contributed by atoms with Crippen molar-refractivity contribution in [2.45, 2.75) is 26.8 Å². The van der Waals surface area contributed by atoms with Crippen LogP contribution in [0.2, 0.25) is 0 Å². The first-order chi connectivity index (χ1) is 16.9. The van der Waals surface area contributed by atoms with Gasteiger partial charge >= 0.3 is 0 Å². The van der Waals surface area contributed by atoms with Crippen molar-refractivity contribution in [3.05, 3.63) is 134 Å². The van der Waals surface area contributed by atoms with Gasteiger partial charge in [-0.15, -0.1) is 11.3 Å². The van der Waals surface area contributed by atoms with Gasteiger partial charge in [-0.25, -0.2) is 0 Å². The van der Waals surface area contributed by atoms with Crippen LogP contribution in [0.4, 0.5) is 0 Å². The largest absolute Gasteiger partial charge is 0.340 e. The summed E-state index contributed by atoms with van der Waals surface area (Å²) in [6, 6.07) is 26.8. The van der Waals surface area contributed by atoms with Crippen molar-refractivity contribution in [2.75, 3.05) is 0 Å². The number of carbonyl (C=O) groups is 2. The number of hydrogen-bond donors (Lipinski definition) is 2. The second kappa shape index (κ2) is 11.0. The summed E-state index contributed by atoms with van der Waals surface area (Å²) in [5.41, 5.74) is 5.90. The number of thiophene rings is 1. The molecule has 1 aromatic heterocycles. The second-order valence-corrected chi connectivity index (χ2v) is 9.55. The summed E-state index contributed by atoms with van der Waals surface area (Å²) in [7, 11) is 0. The lowest BCUT2D eigenvalue weighted by atomic mass is 9.93. The van der Waals surface area contributed by atoms with Gasteiger partial charge in [0.2, 0.25) is 0 Å². The minimum Gasteiger partial charge on any atom is -0.340 e. The van der Waals surface area contributed by atoms with Crippen LogP contribution in [0.1, 0.15) is 49.1 Å². The lowest BCUT2D eigenvalue weighted by molar-refractivity contribution is -0.118. The Hall–Kier alpha value is -3.96. The number of amides is 2. The van der Waals surface area contributed by atoms with E-state index in [1.54, 1.807) is 18.2 Å². The third-order valence-electron chi connectivity index (χ3n) is 5.75. The molecule has 0 unspecified atom stereocenters. The predicted molar refractivity (Wildman–Crippen MR) is 143 cm³/mol. The molecule has 2 amide bonds. The fourth-order valence-corrected chi connectivity index (χ4v) is 4.66. The van der Waals surface area contributed by atoms with Crippen molar-refractivity contribution in [1.82, 2.24) is 10.6 Å². The zero-order valence-corrected chi connectivity index (χ0v) is 20.9. The van der Waals surface area contributed by atoms with E-state index in [1.165, 1.54) is 11.3 Å². The van der Waals surface area contributed by atoms with Gasteiger partial charge in [-0.05, 0) is 67.1 Å². The van der Waals surface area contributed by atoms with Crippen LogP contribution >= 0.6 is 11.3 Å². The molecule has 2 N–H and O–H groups in total. The van der Waals surface area contributed by atoms with Crippen LogP contribution < -0.4 is 10.6 Å². The first-order valence-electron chi connectivity index (χ1n) is 11.5. The molecule has 0 aliphatic heterocycles. The van der Waals surface area contributed by atoms with Crippen LogP contribution in [-0.4, -0.2) is 11.8 Å². The highest BCUT2D eigenvalue weighted by Crippen LogP contribution is 2.26. The molecule has 4 nitrogen and oxygen atoms in total. The molecule has 0 fully saturated rings. The van der Waals surface area contributed by atoms with E-state index >= 15 is 0 Å². The maximum atomic E-state index is 13.6. The molecule has 4 rings (SSSR count). The first-order valence-corrected chi connectivity index (χ1v) is 12.3. The van der Waals surface area contributed by atoms with Crippen LogP contribution in [0.25, 0.3) is 6.08 Å². The minimum atomic E-state index is -0.369. The normalized spacial score (nSPS) is 12.1. The van der Waals surface area contributed by atoms with E-state index in [0.29, 0.717) is 5.56 Å². The summed E-state index contributed by atoms with van der Waals surface area (Å²) in [4.78, 5) is 27.6. The average molecular weight is 481 g/mol. The zero-order chi connectivity index (χ0) is 24.8. The predicted octanol–water partition coefficient (Wildman–Crippen LogP) is 6.35. The summed E-state index contributed by atoms with van der Waals surface area (Å²) in [6.45, 7) is 6.03. The molecule has 0 aliphatic rings. The maximum absolute atomic E-state index is 13.6. The van der Waals surface area contributed by atoms with Crippen molar-refractivity contribution in [3.63, 3.8) is 0 Å². The smallest absolute Gasteiger partial charge is 0.268 e. The topological polar surface area (TPSA) is 58.2 Å². The molecule has 35 heavy (non-hydrogen) atoms. The number of benzene rings is 3. The molecule has 0 spiro atoms. The van der Waals surface area contributed by atoms with Gasteiger partial charge < -0.3 is 10.6 Å². The summed E-state index contributed by atoms with van der Waals surface area (Å²) >= 11 is 1.50. The molecule has 5 heteroatoms. The Labute approximate surface area is 210 Å². The molecule has 0 saturated heterocycles. The molecule has 1 atom stereocenters. The van der Waals surface area contributed by atoms with E-state index in [2.05, 4.69) is 29.7 Å². The van der Waals surface area contributed by atoms with Crippen LogP contribution in [0, 0.1) is 20.8 Å². The lowest BCUT2D eigenvalue weighted by Crippen LogP contribution is -2.37. The highest BCUT2D eigenvalue weighted by molar-refractivity contribution is 7.10. The Morgan fingerprint density at radius 2 is 1.60 bits per heavy atom. The number of rotatable bonds is 7. The Morgan fingerprint density at radius 1 is 0.829 bits per heavy atom. The van der Waals surface area contributed by atoms with Crippen LogP contribution in [0.3, 0.4) is 0 Å². The van der Waals surface area contributed by atoms with Crippen molar-refractivity contribution in [3.8, 4) is 0 Å². The number of aryl methyl sites for hydroxylation is 3. The van der Waals surface area contributed by atoms with E-state index in [0.717, 1.165) is 32.7 Å². The molecule has 0 saturated carbocycles. The molecule has 176 valence electrons. The minimum absolute atomic E-state index is 0.199. The molecular formula is C30H28N2O2S. The summed E-state index contributed by atoms with van der Waals surface area (Å²) in [6.07, 6.45) is 1.72. The Kier molecular flexibility index (Phi) is 7.58. The van der Waals surface area contributed by atoms with Crippen molar-refractivity contribution >= 4 is 29.2 Å². The van der Waals surface area contributed by atoms with E-state index in [1.807, 2.05) is 79.9 Å². The molecule has 0 bridgehead atoms. The van der Waals surface area contributed by atoms with Crippen LogP contribution in [0.5, 0.6) is 0 Å². The van der Waals surface area contributed by atoms with E-state index in [-0.39, 0.29) is 23.6 Å². The molecule has 3 aromatic carbocycles. The van der Waals surface area contributed by atoms with Gasteiger partial charge in [0.1, 0.15) is 5.70 Å². The van der Waals surface area contributed by atoms with Crippen molar-refractivity contribution in [2.24, 2.45) is 0 Å². The van der Waals surface area contributed by atoms with E-state index < -0.39 is 0 Å². The third-order valence-corrected chi connectivity index (χ3v) is 6.57. The van der Waals surface area contributed by atoms with Gasteiger partial charge in [0.05, 0.1) is 6.04 Å². The van der Waals surface area contributed by atoms with E-state index in [9.17, 15) is 9.59 Å². The number of hydrogen-bond acceptors (Lipinski definition) is 3.